The van der Waals surface area contributed by atoms with E-state index in [-0.39, 0.29) is 17.0 Å². The van der Waals surface area contributed by atoms with E-state index in [1.165, 1.54) is 6.07 Å². The molecule has 5 nitrogen and oxygen atoms in total. The SMILES string of the molecule is C=CCSCCNS(=O)(=O)c1cc(C(=O)O)c(C)cc1C. The molecule has 0 radical (unpaired) electrons. The molecule has 0 unspecified atom stereocenters. The van der Waals surface area contributed by atoms with Crippen molar-refractivity contribution in [3.8, 4) is 0 Å². The molecule has 0 atom stereocenters. The van der Waals surface area contributed by atoms with Crippen LogP contribution >= 0.6 is 11.8 Å². The lowest BCUT2D eigenvalue weighted by Crippen LogP contribution is -2.27. The van der Waals surface area contributed by atoms with Crippen molar-refractivity contribution >= 4 is 27.8 Å². The molecule has 2 N–H and O–H groups in total. The highest BCUT2D eigenvalue weighted by Gasteiger charge is 2.20. The van der Waals surface area contributed by atoms with Crippen molar-refractivity contribution in [2.45, 2.75) is 18.7 Å². The Hall–Kier alpha value is -1.31. The maximum Gasteiger partial charge on any atom is 0.335 e. The number of hydrogen-bond acceptors (Lipinski definition) is 4. The van der Waals surface area contributed by atoms with Crippen molar-refractivity contribution in [2.24, 2.45) is 0 Å². The number of carboxylic acid groups (broad SMARTS) is 1. The predicted octanol–water partition coefficient (Wildman–Crippen LogP) is 2.20. The molecule has 7 heteroatoms. The molecule has 0 heterocycles. The number of nitrogens with one attached hydrogen (secondary N) is 1. The van der Waals surface area contributed by atoms with Gasteiger partial charge in [0, 0.05) is 18.1 Å². The lowest BCUT2D eigenvalue weighted by atomic mass is 10.1. The number of aromatic carboxylic acids is 1. The zero-order chi connectivity index (χ0) is 16.0. The first-order valence-corrected chi connectivity index (χ1v) is 8.96. The van der Waals surface area contributed by atoms with E-state index >= 15 is 0 Å². The van der Waals surface area contributed by atoms with Crippen molar-refractivity contribution in [2.75, 3.05) is 18.1 Å². The number of carbonyl (C=O) groups is 1. The molecule has 21 heavy (non-hydrogen) atoms. The van der Waals surface area contributed by atoms with Crippen molar-refractivity contribution in [1.82, 2.24) is 4.72 Å². The van der Waals surface area contributed by atoms with Crippen LogP contribution in [0.2, 0.25) is 0 Å². The second kappa shape index (κ2) is 7.63. The van der Waals surface area contributed by atoms with Crippen LogP contribution in [0, 0.1) is 13.8 Å². The van der Waals surface area contributed by atoms with E-state index in [4.69, 9.17) is 5.11 Å². The first kappa shape index (κ1) is 17.7. The Kier molecular flexibility index (Phi) is 6.44. The number of carboxylic acids is 1. The summed E-state index contributed by atoms with van der Waals surface area (Å²) in [7, 11) is -3.70. The molecule has 0 aliphatic carbocycles. The lowest BCUT2D eigenvalue weighted by Gasteiger charge is -2.11. The summed E-state index contributed by atoms with van der Waals surface area (Å²) in [6.07, 6.45) is 1.75. The number of thioether (sulfide) groups is 1. The van der Waals surface area contributed by atoms with Gasteiger partial charge >= 0.3 is 5.97 Å². The monoisotopic (exact) mass is 329 g/mol. The standard InChI is InChI=1S/C14H19NO4S2/c1-4-6-20-7-5-15-21(18,19)13-9-12(14(16)17)10(2)8-11(13)3/h4,8-9,15H,1,5-7H2,2-3H3,(H,16,17). The third kappa shape index (κ3) is 4.87. The maximum atomic E-state index is 12.2. The summed E-state index contributed by atoms with van der Waals surface area (Å²) in [6, 6.07) is 2.79. The van der Waals surface area contributed by atoms with Crippen LogP contribution < -0.4 is 4.72 Å². The summed E-state index contributed by atoms with van der Waals surface area (Å²) < 4.78 is 27.0. The molecule has 1 aromatic rings. The van der Waals surface area contributed by atoms with Gasteiger partial charge in [0.2, 0.25) is 10.0 Å². The van der Waals surface area contributed by atoms with Crippen LogP contribution in [0.5, 0.6) is 0 Å². The number of aryl methyl sites for hydroxylation is 2. The first-order chi connectivity index (χ1) is 9.79. The number of sulfonamides is 1. The molecule has 0 fully saturated rings. The number of benzene rings is 1. The highest BCUT2D eigenvalue weighted by molar-refractivity contribution is 7.99. The fourth-order valence-corrected chi connectivity index (χ4v) is 3.84. The van der Waals surface area contributed by atoms with Gasteiger partial charge in [-0.3, -0.25) is 0 Å². The second-order valence-corrected chi connectivity index (χ2v) is 7.38. The minimum absolute atomic E-state index is 0.00186. The molecule has 0 aliphatic rings. The van der Waals surface area contributed by atoms with Gasteiger partial charge in [0.25, 0.3) is 0 Å². The van der Waals surface area contributed by atoms with Crippen LogP contribution in [0.3, 0.4) is 0 Å². The average molecular weight is 329 g/mol. The number of hydrogen-bond donors (Lipinski definition) is 2. The Morgan fingerprint density at radius 1 is 1.38 bits per heavy atom. The van der Waals surface area contributed by atoms with Crippen LogP contribution in [-0.2, 0) is 10.0 Å². The van der Waals surface area contributed by atoms with E-state index in [1.54, 1.807) is 37.8 Å². The van der Waals surface area contributed by atoms with Crippen LogP contribution in [-0.4, -0.2) is 37.5 Å². The Bertz CT molecular complexity index is 639. The second-order valence-electron chi connectivity index (χ2n) is 4.50. The van der Waals surface area contributed by atoms with Crippen LogP contribution in [0.25, 0.3) is 0 Å². The van der Waals surface area contributed by atoms with Gasteiger partial charge in [0.15, 0.2) is 0 Å². The molecule has 116 valence electrons. The summed E-state index contributed by atoms with van der Waals surface area (Å²) in [4.78, 5) is 11.1. The van der Waals surface area contributed by atoms with E-state index < -0.39 is 16.0 Å². The quantitative estimate of drug-likeness (QED) is 0.564. The van der Waals surface area contributed by atoms with Crippen LogP contribution in [0.4, 0.5) is 0 Å². The topological polar surface area (TPSA) is 83.5 Å². The van der Waals surface area contributed by atoms with Gasteiger partial charge in [-0.05, 0) is 31.0 Å². The molecule has 0 spiro atoms. The molecular weight excluding hydrogens is 310 g/mol. The van der Waals surface area contributed by atoms with E-state index in [1.807, 2.05) is 0 Å². The molecule has 0 bridgehead atoms. The Labute approximate surface area is 129 Å². The zero-order valence-electron chi connectivity index (χ0n) is 12.0. The Morgan fingerprint density at radius 3 is 2.62 bits per heavy atom. The smallest absolute Gasteiger partial charge is 0.335 e. The predicted molar refractivity (Wildman–Crippen MR) is 85.6 cm³/mol. The number of rotatable bonds is 8. The van der Waals surface area contributed by atoms with Gasteiger partial charge in [0.05, 0.1) is 10.5 Å². The van der Waals surface area contributed by atoms with Crippen molar-refractivity contribution in [3.05, 3.63) is 41.5 Å². The van der Waals surface area contributed by atoms with E-state index in [9.17, 15) is 13.2 Å². The third-order valence-electron chi connectivity index (χ3n) is 2.82. The largest absolute Gasteiger partial charge is 0.478 e. The zero-order valence-corrected chi connectivity index (χ0v) is 13.7. The Balaban J connectivity index is 2.95. The summed E-state index contributed by atoms with van der Waals surface area (Å²) in [5, 5.41) is 9.09. The molecule has 0 amide bonds. The van der Waals surface area contributed by atoms with Crippen molar-refractivity contribution in [1.29, 1.82) is 0 Å². The molecule has 0 saturated heterocycles. The fourth-order valence-electron chi connectivity index (χ4n) is 1.84. The van der Waals surface area contributed by atoms with Gasteiger partial charge in [-0.25, -0.2) is 17.9 Å². The first-order valence-electron chi connectivity index (χ1n) is 6.32. The average Bonchev–Trinajstić information content (AvgIpc) is 2.37. The molecular formula is C14H19NO4S2. The van der Waals surface area contributed by atoms with Crippen LogP contribution in [0.1, 0.15) is 21.5 Å². The maximum absolute atomic E-state index is 12.2. The summed E-state index contributed by atoms with van der Waals surface area (Å²) in [6.45, 7) is 7.17. The molecule has 1 aromatic carbocycles. The summed E-state index contributed by atoms with van der Waals surface area (Å²) in [5.74, 6) is 0.252. The van der Waals surface area contributed by atoms with Gasteiger partial charge < -0.3 is 5.11 Å². The van der Waals surface area contributed by atoms with Crippen LogP contribution in [0.15, 0.2) is 29.7 Å². The molecule has 1 rings (SSSR count). The van der Waals surface area contributed by atoms with Gasteiger partial charge in [-0.15, -0.1) is 6.58 Å². The highest BCUT2D eigenvalue weighted by Crippen LogP contribution is 2.20. The van der Waals surface area contributed by atoms with Crippen molar-refractivity contribution in [3.63, 3.8) is 0 Å². The Morgan fingerprint density at radius 2 is 2.05 bits per heavy atom. The summed E-state index contributed by atoms with van der Waals surface area (Å²) >= 11 is 1.56. The minimum Gasteiger partial charge on any atom is -0.478 e. The highest BCUT2D eigenvalue weighted by atomic mass is 32.2. The fraction of sp³-hybridized carbons (Fsp3) is 0.357. The lowest BCUT2D eigenvalue weighted by molar-refractivity contribution is 0.0696. The van der Waals surface area contributed by atoms with Crippen molar-refractivity contribution < 1.29 is 18.3 Å². The van der Waals surface area contributed by atoms with Gasteiger partial charge in [-0.1, -0.05) is 12.1 Å². The van der Waals surface area contributed by atoms with Gasteiger partial charge in [-0.2, -0.15) is 11.8 Å². The molecule has 0 aliphatic heterocycles. The van der Waals surface area contributed by atoms with E-state index in [0.29, 0.717) is 16.9 Å². The third-order valence-corrected chi connectivity index (χ3v) is 5.38. The van der Waals surface area contributed by atoms with E-state index in [0.717, 1.165) is 5.75 Å². The normalized spacial score (nSPS) is 11.3. The van der Waals surface area contributed by atoms with Gasteiger partial charge in [0.1, 0.15) is 0 Å². The molecule has 0 aromatic heterocycles. The van der Waals surface area contributed by atoms with E-state index in [2.05, 4.69) is 11.3 Å². The molecule has 0 saturated carbocycles. The summed E-state index contributed by atoms with van der Waals surface area (Å²) in [5.41, 5.74) is 1.08. The minimum atomic E-state index is -3.70.